The maximum Gasteiger partial charge on any atom is 0.0622 e. The van der Waals surface area contributed by atoms with E-state index < -0.39 is 0 Å². The Morgan fingerprint density at radius 3 is 2.93 bits per heavy atom. The van der Waals surface area contributed by atoms with Crippen LogP contribution in [0.5, 0.6) is 0 Å². The molecule has 0 bridgehead atoms. The Kier molecular flexibility index (Phi) is 5.38. The van der Waals surface area contributed by atoms with Crippen LogP contribution in [-0.2, 0) is 6.54 Å². The summed E-state index contributed by atoms with van der Waals surface area (Å²) >= 11 is 3.45. The smallest absolute Gasteiger partial charge is 0.0622 e. The van der Waals surface area contributed by atoms with Gasteiger partial charge in [-0.3, -0.25) is 0 Å². The first-order valence-corrected chi connectivity index (χ1v) is 5.81. The third kappa shape index (κ3) is 4.96. The highest BCUT2D eigenvalue weighted by atomic mass is 79.9. The molecule has 1 aromatic rings. The second kappa shape index (κ2) is 6.60. The topological polar surface area (TPSA) is 27.0 Å². The van der Waals surface area contributed by atoms with Crippen LogP contribution in [0.25, 0.3) is 0 Å². The largest absolute Gasteiger partial charge is 0.302 e. The molecule has 0 amide bonds. The van der Waals surface area contributed by atoms with Gasteiger partial charge in [-0.2, -0.15) is 5.26 Å². The summed E-state index contributed by atoms with van der Waals surface area (Å²) in [5.41, 5.74) is 1.30. The molecule has 0 fully saturated rings. The first kappa shape index (κ1) is 12.2. The second-order valence-electron chi connectivity index (χ2n) is 3.63. The number of nitriles is 1. The first-order chi connectivity index (χ1) is 7.22. The molecule has 0 saturated carbocycles. The van der Waals surface area contributed by atoms with E-state index in [0.29, 0.717) is 6.42 Å². The maximum absolute atomic E-state index is 8.43. The Morgan fingerprint density at radius 2 is 2.27 bits per heavy atom. The quantitative estimate of drug-likeness (QED) is 0.766. The zero-order valence-electron chi connectivity index (χ0n) is 8.91. The number of hydrogen-bond donors (Lipinski definition) is 0. The van der Waals surface area contributed by atoms with Crippen LogP contribution in [0, 0.1) is 11.3 Å². The number of unbranched alkanes of at least 4 members (excludes halogenated alkanes) is 1. The van der Waals surface area contributed by atoms with E-state index in [4.69, 9.17) is 5.26 Å². The molecule has 0 N–H and O–H groups in total. The number of hydrogen-bond acceptors (Lipinski definition) is 2. The molecule has 0 aliphatic heterocycles. The summed E-state index contributed by atoms with van der Waals surface area (Å²) in [5, 5.41) is 8.43. The van der Waals surface area contributed by atoms with Crippen molar-refractivity contribution in [3.05, 3.63) is 34.3 Å². The van der Waals surface area contributed by atoms with Gasteiger partial charge in [0.15, 0.2) is 0 Å². The van der Waals surface area contributed by atoms with Crippen molar-refractivity contribution in [1.82, 2.24) is 4.90 Å². The lowest BCUT2D eigenvalue weighted by Crippen LogP contribution is -2.18. The minimum atomic E-state index is 0.642. The molecule has 1 rings (SSSR count). The van der Waals surface area contributed by atoms with E-state index in [0.717, 1.165) is 24.0 Å². The van der Waals surface area contributed by atoms with Gasteiger partial charge in [0, 0.05) is 17.4 Å². The van der Waals surface area contributed by atoms with Gasteiger partial charge in [-0.15, -0.1) is 0 Å². The Hall–Kier alpha value is -0.850. The minimum Gasteiger partial charge on any atom is -0.302 e. The van der Waals surface area contributed by atoms with Gasteiger partial charge in [-0.1, -0.05) is 28.1 Å². The standard InChI is InChI=1S/C12H15BrN2/c1-15(8-3-2-7-14)10-11-5-4-6-12(13)9-11/h4-6,9H,2-3,8,10H2,1H3. The van der Waals surface area contributed by atoms with Crippen LogP contribution in [0.1, 0.15) is 18.4 Å². The molecule has 2 nitrogen and oxygen atoms in total. The van der Waals surface area contributed by atoms with Crippen LogP contribution in [0.3, 0.4) is 0 Å². The van der Waals surface area contributed by atoms with E-state index in [1.807, 2.05) is 12.1 Å². The monoisotopic (exact) mass is 266 g/mol. The van der Waals surface area contributed by atoms with Gasteiger partial charge in [-0.25, -0.2) is 0 Å². The molecule has 80 valence electrons. The van der Waals surface area contributed by atoms with Crippen molar-refractivity contribution in [3.8, 4) is 6.07 Å². The lowest BCUT2D eigenvalue weighted by atomic mass is 10.2. The minimum absolute atomic E-state index is 0.642. The summed E-state index contributed by atoms with van der Waals surface area (Å²) in [4.78, 5) is 2.24. The third-order valence-electron chi connectivity index (χ3n) is 2.17. The van der Waals surface area contributed by atoms with Crippen molar-refractivity contribution >= 4 is 15.9 Å². The Labute approximate surface area is 99.6 Å². The van der Waals surface area contributed by atoms with E-state index in [1.165, 1.54) is 5.56 Å². The van der Waals surface area contributed by atoms with Crippen LogP contribution < -0.4 is 0 Å². The Balaban J connectivity index is 2.38. The molecular weight excluding hydrogens is 252 g/mol. The molecule has 1 aromatic carbocycles. The number of nitrogens with zero attached hydrogens (tertiary/aromatic N) is 2. The van der Waals surface area contributed by atoms with Crippen LogP contribution in [0.15, 0.2) is 28.7 Å². The van der Waals surface area contributed by atoms with Crippen molar-refractivity contribution in [2.24, 2.45) is 0 Å². The lowest BCUT2D eigenvalue weighted by molar-refractivity contribution is 0.323. The number of rotatable bonds is 5. The van der Waals surface area contributed by atoms with Crippen molar-refractivity contribution in [2.75, 3.05) is 13.6 Å². The summed E-state index contributed by atoms with van der Waals surface area (Å²) in [6, 6.07) is 10.5. The van der Waals surface area contributed by atoms with Gasteiger partial charge in [0.05, 0.1) is 6.07 Å². The van der Waals surface area contributed by atoms with Gasteiger partial charge in [0.25, 0.3) is 0 Å². The molecule has 0 atom stereocenters. The summed E-state index contributed by atoms with van der Waals surface area (Å²) < 4.78 is 1.12. The van der Waals surface area contributed by atoms with E-state index in [-0.39, 0.29) is 0 Å². The van der Waals surface area contributed by atoms with Gasteiger partial charge < -0.3 is 4.90 Å². The normalized spacial score (nSPS) is 10.3. The molecular formula is C12H15BrN2. The van der Waals surface area contributed by atoms with Crippen molar-refractivity contribution < 1.29 is 0 Å². The highest BCUT2D eigenvalue weighted by molar-refractivity contribution is 9.10. The highest BCUT2D eigenvalue weighted by Crippen LogP contribution is 2.13. The fraction of sp³-hybridized carbons (Fsp3) is 0.417. The molecule has 0 spiro atoms. The summed E-state index contributed by atoms with van der Waals surface area (Å²) in [5.74, 6) is 0. The molecule has 0 saturated heterocycles. The first-order valence-electron chi connectivity index (χ1n) is 5.02. The van der Waals surface area contributed by atoms with Gasteiger partial charge in [0.1, 0.15) is 0 Å². The highest BCUT2D eigenvalue weighted by Gasteiger charge is 2.00. The van der Waals surface area contributed by atoms with Crippen LogP contribution in [0.4, 0.5) is 0 Å². The maximum atomic E-state index is 8.43. The van der Waals surface area contributed by atoms with Crippen LogP contribution >= 0.6 is 15.9 Å². The van der Waals surface area contributed by atoms with E-state index in [9.17, 15) is 0 Å². The summed E-state index contributed by atoms with van der Waals surface area (Å²) in [6.45, 7) is 1.91. The summed E-state index contributed by atoms with van der Waals surface area (Å²) in [6.07, 6.45) is 1.59. The second-order valence-corrected chi connectivity index (χ2v) is 4.55. The van der Waals surface area contributed by atoms with Crippen LogP contribution in [-0.4, -0.2) is 18.5 Å². The fourth-order valence-corrected chi connectivity index (χ4v) is 1.90. The van der Waals surface area contributed by atoms with E-state index in [1.54, 1.807) is 0 Å². The predicted molar refractivity (Wildman–Crippen MR) is 65.3 cm³/mol. The zero-order valence-corrected chi connectivity index (χ0v) is 10.5. The Bertz CT molecular complexity index is 344. The molecule has 0 aliphatic carbocycles. The van der Waals surface area contributed by atoms with E-state index >= 15 is 0 Å². The molecule has 0 radical (unpaired) electrons. The predicted octanol–water partition coefficient (Wildman–Crippen LogP) is 3.18. The van der Waals surface area contributed by atoms with Crippen LogP contribution in [0.2, 0.25) is 0 Å². The molecule has 3 heteroatoms. The Morgan fingerprint density at radius 1 is 1.47 bits per heavy atom. The fourth-order valence-electron chi connectivity index (χ4n) is 1.45. The van der Waals surface area contributed by atoms with Gasteiger partial charge in [0.2, 0.25) is 0 Å². The van der Waals surface area contributed by atoms with Gasteiger partial charge >= 0.3 is 0 Å². The SMILES string of the molecule is CN(CCCC#N)Cc1cccc(Br)c1. The van der Waals surface area contributed by atoms with Crippen molar-refractivity contribution in [1.29, 1.82) is 5.26 Å². The zero-order chi connectivity index (χ0) is 11.1. The van der Waals surface area contributed by atoms with E-state index in [2.05, 4.69) is 46.1 Å². The third-order valence-corrected chi connectivity index (χ3v) is 2.66. The molecule has 0 unspecified atom stereocenters. The average molecular weight is 267 g/mol. The van der Waals surface area contributed by atoms with Crippen molar-refractivity contribution in [3.63, 3.8) is 0 Å². The number of benzene rings is 1. The molecule has 0 heterocycles. The molecule has 0 aliphatic rings. The van der Waals surface area contributed by atoms with Gasteiger partial charge in [-0.05, 0) is 37.7 Å². The summed E-state index contributed by atoms with van der Waals surface area (Å²) in [7, 11) is 2.08. The van der Waals surface area contributed by atoms with Crippen molar-refractivity contribution in [2.45, 2.75) is 19.4 Å². The average Bonchev–Trinajstić information content (AvgIpc) is 2.18. The number of halogens is 1. The lowest BCUT2D eigenvalue weighted by Gasteiger charge is -2.15. The molecule has 15 heavy (non-hydrogen) atoms. The molecule has 0 aromatic heterocycles.